The van der Waals surface area contributed by atoms with E-state index >= 15 is 0 Å². The molecule has 5 rings (SSSR count). The molecule has 0 unspecified atom stereocenters. The van der Waals surface area contributed by atoms with Crippen molar-refractivity contribution in [3.05, 3.63) is 107 Å². The molecule has 5 nitrogen and oxygen atoms in total. The molecule has 0 saturated carbocycles. The zero-order valence-electron chi connectivity index (χ0n) is 18.0. The van der Waals surface area contributed by atoms with Gasteiger partial charge in [0.15, 0.2) is 0 Å². The van der Waals surface area contributed by atoms with Crippen molar-refractivity contribution < 1.29 is 9.59 Å². The zero-order chi connectivity index (χ0) is 22.2. The normalized spacial score (nSPS) is 15.1. The van der Waals surface area contributed by atoms with Gasteiger partial charge in [0.05, 0.1) is 6.54 Å². The van der Waals surface area contributed by atoms with E-state index in [0.717, 1.165) is 28.2 Å². The van der Waals surface area contributed by atoms with Crippen molar-refractivity contribution in [3.8, 4) is 5.69 Å². The van der Waals surface area contributed by atoms with E-state index in [1.54, 1.807) is 6.08 Å². The monoisotopic (exact) mass is 421 g/mol. The number of amides is 3. The number of nitrogens with zero attached hydrogens (tertiary/aromatic N) is 2. The van der Waals surface area contributed by atoms with E-state index in [1.165, 1.54) is 15.7 Å². The topological polar surface area (TPSA) is 54.3 Å². The zero-order valence-corrected chi connectivity index (χ0v) is 18.0. The van der Waals surface area contributed by atoms with Crippen molar-refractivity contribution in [2.75, 3.05) is 0 Å². The molecule has 1 fully saturated rings. The molecule has 158 valence electrons. The minimum absolute atomic E-state index is 0.249. The molecule has 3 aromatic carbocycles. The van der Waals surface area contributed by atoms with E-state index in [2.05, 4.69) is 40.2 Å². The van der Waals surface area contributed by atoms with Crippen molar-refractivity contribution >= 4 is 28.8 Å². The minimum Gasteiger partial charge on any atom is -0.318 e. The Kier molecular flexibility index (Phi) is 4.86. The van der Waals surface area contributed by atoms with Gasteiger partial charge in [-0.05, 0) is 60.0 Å². The van der Waals surface area contributed by atoms with Gasteiger partial charge in [-0.1, -0.05) is 60.7 Å². The number of hydrogen-bond acceptors (Lipinski definition) is 2. The van der Waals surface area contributed by atoms with E-state index in [9.17, 15) is 9.59 Å². The number of nitrogens with one attached hydrogen (secondary N) is 1. The van der Waals surface area contributed by atoms with Crippen molar-refractivity contribution in [1.29, 1.82) is 0 Å². The number of imide groups is 1. The van der Waals surface area contributed by atoms with Crippen molar-refractivity contribution in [2.24, 2.45) is 0 Å². The fourth-order valence-corrected chi connectivity index (χ4v) is 4.28. The highest BCUT2D eigenvalue weighted by Crippen LogP contribution is 2.26. The Morgan fingerprint density at radius 2 is 1.56 bits per heavy atom. The van der Waals surface area contributed by atoms with Crippen LogP contribution in [0.25, 0.3) is 22.5 Å². The molecule has 0 bridgehead atoms. The highest BCUT2D eigenvalue weighted by Gasteiger charge is 2.33. The third-order valence-corrected chi connectivity index (χ3v) is 5.91. The summed E-state index contributed by atoms with van der Waals surface area (Å²) in [5.74, 6) is -0.311. The van der Waals surface area contributed by atoms with E-state index < -0.39 is 6.03 Å². The molecule has 1 aliphatic heterocycles. The molecule has 3 amide bonds. The smallest absolute Gasteiger partial charge is 0.318 e. The van der Waals surface area contributed by atoms with Gasteiger partial charge in [-0.25, -0.2) is 4.79 Å². The summed E-state index contributed by atoms with van der Waals surface area (Å²) in [4.78, 5) is 26.6. The minimum atomic E-state index is -0.395. The number of carbonyl (C=O) groups excluding carboxylic acids is 2. The van der Waals surface area contributed by atoms with E-state index in [4.69, 9.17) is 0 Å². The Morgan fingerprint density at radius 1 is 0.844 bits per heavy atom. The number of aromatic nitrogens is 1. The number of urea groups is 1. The highest BCUT2D eigenvalue weighted by molar-refractivity contribution is 6.14. The first-order chi connectivity index (χ1) is 15.5. The lowest BCUT2D eigenvalue weighted by atomic mass is 10.1. The third-order valence-electron chi connectivity index (χ3n) is 5.91. The first-order valence-corrected chi connectivity index (χ1v) is 10.6. The average molecular weight is 422 g/mol. The van der Waals surface area contributed by atoms with Gasteiger partial charge in [-0.2, -0.15) is 0 Å². The van der Waals surface area contributed by atoms with Crippen molar-refractivity contribution in [2.45, 2.75) is 20.4 Å². The Labute approximate surface area is 186 Å². The van der Waals surface area contributed by atoms with Crippen LogP contribution in [0.3, 0.4) is 0 Å². The quantitative estimate of drug-likeness (QED) is 0.357. The maximum Gasteiger partial charge on any atom is 0.329 e. The van der Waals surface area contributed by atoms with Crippen molar-refractivity contribution in [1.82, 2.24) is 14.8 Å². The Hall–Kier alpha value is -4.12. The molecule has 1 aliphatic rings. The fraction of sp³-hybridized carbons (Fsp3) is 0.111. The van der Waals surface area contributed by atoms with Gasteiger partial charge < -0.3 is 9.88 Å². The molecule has 1 saturated heterocycles. The Bertz CT molecular complexity index is 1380. The van der Waals surface area contributed by atoms with Gasteiger partial charge in [-0.15, -0.1) is 0 Å². The van der Waals surface area contributed by atoms with Crippen LogP contribution in [0.15, 0.2) is 84.6 Å². The molecule has 0 radical (unpaired) electrons. The lowest BCUT2D eigenvalue weighted by molar-refractivity contribution is -0.123. The molecule has 1 aromatic heterocycles. The molecule has 4 aromatic rings. The lowest BCUT2D eigenvalue weighted by Gasteiger charge is -2.11. The molecule has 5 heteroatoms. The first kappa shape index (κ1) is 19.8. The first-order valence-electron chi connectivity index (χ1n) is 10.6. The van der Waals surface area contributed by atoms with Crippen LogP contribution in [-0.4, -0.2) is 21.4 Å². The number of aryl methyl sites for hydroxylation is 1. The van der Waals surface area contributed by atoms with Crippen LogP contribution < -0.4 is 5.32 Å². The van der Waals surface area contributed by atoms with Gasteiger partial charge in [0.2, 0.25) is 0 Å². The van der Waals surface area contributed by atoms with E-state index in [1.807, 2.05) is 62.4 Å². The van der Waals surface area contributed by atoms with Gasteiger partial charge >= 0.3 is 6.03 Å². The van der Waals surface area contributed by atoms with E-state index in [-0.39, 0.29) is 12.5 Å². The molecular weight excluding hydrogens is 398 g/mol. The standard InChI is InChI=1S/C27H23N3O2/c1-18-14-23(19(2)30(18)24-13-12-21-10-6-7-11-22(21)15-24)16-25-26(31)29(27(32)28-25)17-20-8-4-3-5-9-20/h3-16H,17H2,1-2H3,(H,28,32)/b25-16+. The summed E-state index contributed by atoms with van der Waals surface area (Å²) in [6.45, 7) is 4.32. The molecule has 0 spiro atoms. The number of hydrogen-bond donors (Lipinski definition) is 1. The summed E-state index contributed by atoms with van der Waals surface area (Å²) in [6, 6.07) is 25.8. The van der Waals surface area contributed by atoms with Crippen LogP contribution in [0, 0.1) is 13.8 Å². The van der Waals surface area contributed by atoms with Crippen LogP contribution in [0.1, 0.15) is 22.5 Å². The fourth-order valence-electron chi connectivity index (χ4n) is 4.28. The summed E-state index contributed by atoms with van der Waals surface area (Å²) in [6.07, 6.45) is 1.77. The SMILES string of the molecule is Cc1cc(/C=C2/NC(=O)N(Cc3ccccc3)C2=O)c(C)n1-c1ccc2ccccc2c1. The van der Waals surface area contributed by atoms with Crippen LogP contribution >= 0.6 is 0 Å². The second kappa shape index (κ2) is 7.85. The van der Waals surface area contributed by atoms with Crippen LogP contribution in [0.2, 0.25) is 0 Å². The van der Waals surface area contributed by atoms with Gasteiger partial charge in [0.1, 0.15) is 5.70 Å². The van der Waals surface area contributed by atoms with Gasteiger partial charge in [0, 0.05) is 17.1 Å². The Morgan fingerprint density at radius 3 is 2.34 bits per heavy atom. The number of rotatable bonds is 4. The van der Waals surface area contributed by atoms with Crippen LogP contribution in [0.4, 0.5) is 4.79 Å². The average Bonchev–Trinajstić information content (AvgIpc) is 3.23. The number of fused-ring (bicyclic) bond motifs is 1. The summed E-state index contributed by atoms with van der Waals surface area (Å²) in [7, 11) is 0. The molecule has 0 atom stereocenters. The molecule has 1 N–H and O–H groups in total. The summed E-state index contributed by atoms with van der Waals surface area (Å²) in [5.41, 5.74) is 5.24. The molecule has 32 heavy (non-hydrogen) atoms. The maximum absolute atomic E-state index is 12.9. The molecule has 2 heterocycles. The highest BCUT2D eigenvalue weighted by atomic mass is 16.2. The van der Waals surface area contributed by atoms with Crippen molar-refractivity contribution in [3.63, 3.8) is 0 Å². The molecule has 0 aliphatic carbocycles. The lowest BCUT2D eigenvalue weighted by Crippen LogP contribution is -2.30. The maximum atomic E-state index is 12.9. The van der Waals surface area contributed by atoms with Crippen LogP contribution in [-0.2, 0) is 11.3 Å². The number of benzene rings is 3. The second-order valence-electron chi connectivity index (χ2n) is 8.06. The summed E-state index contributed by atoms with van der Waals surface area (Å²) in [5, 5.41) is 5.10. The largest absolute Gasteiger partial charge is 0.329 e. The predicted octanol–water partition coefficient (Wildman–Crippen LogP) is 5.34. The summed E-state index contributed by atoms with van der Waals surface area (Å²) >= 11 is 0. The molecular formula is C27H23N3O2. The van der Waals surface area contributed by atoms with Gasteiger partial charge in [0.25, 0.3) is 5.91 Å². The predicted molar refractivity (Wildman–Crippen MR) is 126 cm³/mol. The third kappa shape index (κ3) is 3.48. The van der Waals surface area contributed by atoms with Crippen LogP contribution in [0.5, 0.6) is 0 Å². The number of carbonyl (C=O) groups is 2. The summed E-state index contributed by atoms with van der Waals surface area (Å²) < 4.78 is 2.17. The van der Waals surface area contributed by atoms with E-state index in [0.29, 0.717) is 5.70 Å². The Balaban J connectivity index is 1.47. The van der Waals surface area contributed by atoms with Gasteiger partial charge in [-0.3, -0.25) is 9.69 Å². The second-order valence-corrected chi connectivity index (χ2v) is 8.06.